The normalized spacial score (nSPS) is 10.5. The fourth-order valence-electron chi connectivity index (χ4n) is 2.41. The molecule has 0 aliphatic carbocycles. The highest BCUT2D eigenvalue weighted by molar-refractivity contribution is 6.30. The summed E-state index contributed by atoms with van der Waals surface area (Å²) in [6.07, 6.45) is 1.42. The molecule has 0 unspecified atom stereocenters. The number of ether oxygens (including phenoxy) is 1. The predicted molar refractivity (Wildman–Crippen MR) is 108 cm³/mol. The molecule has 0 atom stereocenters. The lowest BCUT2D eigenvalue weighted by molar-refractivity contribution is 0.0955. The number of nitriles is 1. The van der Waals surface area contributed by atoms with E-state index < -0.39 is 11.7 Å². The molecule has 3 rings (SSSR count). The molecule has 1 N–H and O–H groups in total. The van der Waals surface area contributed by atoms with E-state index in [9.17, 15) is 9.18 Å². The minimum absolute atomic E-state index is 0.284. The molecule has 29 heavy (non-hydrogen) atoms. The minimum atomic E-state index is -0.469. The molecule has 7 heteroatoms. The van der Waals surface area contributed by atoms with Gasteiger partial charge in [0.15, 0.2) is 0 Å². The first-order valence-corrected chi connectivity index (χ1v) is 8.93. The van der Waals surface area contributed by atoms with Crippen LogP contribution in [-0.4, -0.2) is 12.1 Å². The third-order valence-corrected chi connectivity index (χ3v) is 4.16. The number of amides is 1. The van der Waals surface area contributed by atoms with Gasteiger partial charge in [0.2, 0.25) is 0 Å². The molecule has 144 valence electrons. The Kier molecular flexibility index (Phi) is 6.56. The number of nitrogens with zero attached hydrogens (tertiary/aromatic N) is 2. The molecule has 0 bridgehead atoms. The summed E-state index contributed by atoms with van der Waals surface area (Å²) in [7, 11) is 0. The van der Waals surface area contributed by atoms with E-state index in [0.29, 0.717) is 21.9 Å². The van der Waals surface area contributed by atoms with Gasteiger partial charge in [-0.2, -0.15) is 10.4 Å². The molecular formula is C22H15ClFN3O2. The van der Waals surface area contributed by atoms with Crippen LogP contribution in [0, 0.1) is 17.1 Å². The van der Waals surface area contributed by atoms with Gasteiger partial charge >= 0.3 is 0 Å². The second-order valence-electron chi connectivity index (χ2n) is 5.99. The van der Waals surface area contributed by atoms with Crippen molar-refractivity contribution in [2.75, 3.05) is 0 Å². The lowest BCUT2D eigenvalue weighted by atomic mass is 10.1. The number of hydrogen-bond donors (Lipinski definition) is 1. The summed E-state index contributed by atoms with van der Waals surface area (Å²) in [5, 5.41) is 13.3. The molecule has 1 amide bonds. The highest BCUT2D eigenvalue weighted by atomic mass is 35.5. The number of halogens is 2. The molecule has 0 fully saturated rings. The van der Waals surface area contributed by atoms with Gasteiger partial charge in [-0.15, -0.1) is 0 Å². The van der Waals surface area contributed by atoms with Crippen LogP contribution in [0.2, 0.25) is 5.02 Å². The van der Waals surface area contributed by atoms with Crippen LogP contribution in [0.1, 0.15) is 27.0 Å². The van der Waals surface area contributed by atoms with E-state index in [1.807, 2.05) is 12.1 Å². The van der Waals surface area contributed by atoms with E-state index in [-0.39, 0.29) is 12.2 Å². The zero-order valence-corrected chi connectivity index (χ0v) is 15.9. The summed E-state index contributed by atoms with van der Waals surface area (Å²) in [6, 6.07) is 19.3. The number of hydrazone groups is 1. The molecule has 0 saturated carbocycles. The SMILES string of the molecule is N#Cc1ccc(COc2ccc(Cl)cc2/C=N\NC(=O)c2ccc(F)cc2)cc1. The van der Waals surface area contributed by atoms with Crippen molar-refractivity contribution in [3.63, 3.8) is 0 Å². The van der Waals surface area contributed by atoms with Crippen LogP contribution < -0.4 is 10.2 Å². The topological polar surface area (TPSA) is 74.5 Å². The predicted octanol–water partition coefficient (Wildman–Crippen LogP) is 4.69. The molecule has 3 aromatic carbocycles. The van der Waals surface area contributed by atoms with E-state index in [2.05, 4.69) is 16.6 Å². The van der Waals surface area contributed by atoms with E-state index in [1.165, 1.54) is 30.5 Å². The Morgan fingerprint density at radius 2 is 1.86 bits per heavy atom. The van der Waals surface area contributed by atoms with Gasteiger partial charge in [-0.3, -0.25) is 4.79 Å². The molecule has 0 spiro atoms. The van der Waals surface area contributed by atoms with Gasteiger partial charge in [-0.05, 0) is 60.2 Å². The van der Waals surface area contributed by atoms with Crippen LogP contribution in [0.4, 0.5) is 4.39 Å². The second-order valence-corrected chi connectivity index (χ2v) is 6.42. The molecule has 0 heterocycles. The highest BCUT2D eigenvalue weighted by Crippen LogP contribution is 2.22. The summed E-state index contributed by atoms with van der Waals surface area (Å²) in [5.74, 6) is -0.366. The molecule has 3 aromatic rings. The summed E-state index contributed by atoms with van der Waals surface area (Å²) in [4.78, 5) is 12.0. The Balaban J connectivity index is 1.67. The lowest BCUT2D eigenvalue weighted by Gasteiger charge is -2.10. The van der Waals surface area contributed by atoms with E-state index in [4.69, 9.17) is 21.6 Å². The van der Waals surface area contributed by atoms with Crippen LogP contribution in [-0.2, 0) is 6.61 Å². The first kappa shape index (κ1) is 20.1. The first-order valence-electron chi connectivity index (χ1n) is 8.55. The number of carbonyl (C=O) groups excluding carboxylic acids is 1. The van der Waals surface area contributed by atoms with Gasteiger partial charge in [0.1, 0.15) is 18.2 Å². The third-order valence-electron chi connectivity index (χ3n) is 3.93. The smallest absolute Gasteiger partial charge is 0.271 e. The van der Waals surface area contributed by atoms with E-state index >= 15 is 0 Å². The number of nitrogens with one attached hydrogen (secondary N) is 1. The van der Waals surface area contributed by atoms with Crippen molar-refractivity contribution in [3.8, 4) is 11.8 Å². The van der Waals surface area contributed by atoms with Crippen molar-refractivity contribution in [1.82, 2.24) is 5.43 Å². The van der Waals surface area contributed by atoms with Crippen molar-refractivity contribution in [2.45, 2.75) is 6.61 Å². The van der Waals surface area contributed by atoms with Crippen LogP contribution in [0.25, 0.3) is 0 Å². The molecule has 0 aliphatic rings. The number of benzene rings is 3. The van der Waals surface area contributed by atoms with Gasteiger partial charge in [0.25, 0.3) is 5.91 Å². The Morgan fingerprint density at radius 3 is 2.55 bits per heavy atom. The molecule has 0 aromatic heterocycles. The van der Waals surface area contributed by atoms with Gasteiger partial charge in [-0.1, -0.05) is 23.7 Å². The molecule has 0 saturated heterocycles. The van der Waals surface area contributed by atoms with Gasteiger partial charge in [-0.25, -0.2) is 9.82 Å². The summed E-state index contributed by atoms with van der Waals surface area (Å²) >= 11 is 6.05. The summed E-state index contributed by atoms with van der Waals surface area (Å²) in [5.41, 5.74) is 4.71. The highest BCUT2D eigenvalue weighted by Gasteiger charge is 2.06. The minimum Gasteiger partial charge on any atom is -0.488 e. The first-order chi connectivity index (χ1) is 14.0. The van der Waals surface area contributed by atoms with Crippen LogP contribution in [0.5, 0.6) is 5.75 Å². The van der Waals surface area contributed by atoms with Crippen molar-refractivity contribution in [2.24, 2.45) is 5.10 Å². The van der Waals surface area contributed by atoms with Gasteiger partial charge < -0.3 is 4.74 Å². The van der Waals surface area contributed by atoms with Crippen molar-refractivity contribution >= 4 is 23.7 Å². The fraction of sp³-hybridized carbons (Fsp3) is 0.0455. The van der Waals surface area contributed by atoms with Crippen molar-refractivity contribution < 1.29 is 13.9 Å². The average Bonchev–Trinajstić information content (AvgIpc) is 2.74. The average molecular weight is 408 g/mol. The Hall–Kier alpha value is -3.69. The molecule has 5 nitrogen and oxygen atoms in total. The van der Waals surface area contributed by atoms with Crippen molar-refractivity contribution in [3.05, 3.63) is 99.8 Å². The molecule has 0 aliphatic heterocycles. The number of carbonyl (C=O) groups is 1. The summed E-state index contributed by atoms with van der Waals surface area (Å²) < 4.78 is 18.8. The van der Waals surface area contributed by atoms with Gasteiger partial charge in [0.05, 0.1) is 17.8 Å². The maximum Gasteiger partial charge on any atom is 0.271 e. The fourth-order valence-corrected chi connectivity index (χ4v) is 2.60. The van der Waals surface area contributed by atoms with E-state index in [1.54, 1.807) is 30.3 Å². The number of rotatable bonds is 6. The monoisotopic (exact) mass is 407 g/mol. The number of hydrogen-bond acceptors (Lipinski definition) is 4. The Labute approximate surface area is 172 Å². The Morgan fingerprint density at radius 1 is 1.14 bits per heavy atom. The Bertz CT molecular complexity index is 1070. The lowest BCUT2D eigenvalue weighted by Crippen LogP contribution is -2.17. The van der Waals surface area contributed by atoms with Gasteiger partial charge in [0, 0.05) is 16.1 Å². The summed E-state index contributed by atoms with van der Waals surface area (Å²) in [6.45, 7) is 0.288. The zero-order valence-electron chi connectivity index (χ0n) is 15.1. The quantitative estimate of drug-likeness (QED) is 0.475. The molecule has 0 radical (unpaired) electrons. The van der Waals surface area contributed by atoms with Crippen molar-refractivity contribution in [1.29, 1.82) is 5.26 Å². The van der Waals surface area contributed by atoms with Crippen LogP contribution in [0.15, 0.2) is 71.8 Å². The maximum absolute atomic E-state index is 12.9. The standard InChI is InChI=1S/C22H15ClFN3O2/c23-19-7-10-21(29-14-16-3-1-15(12-25)2-4-16)18(11-19)13-26-27-22(28)17-5-8-20(24)9-6-17/h1-11,13H,14H2,(H,27,28)/b26-13-. The third kappa shape index (κ3) is 5.64. The zero-order chi connectivity index (χ0) is 20.6. The second kappa shape index (κ2) is 9.49. The maximum atomic E-state index is 12.9. The van der Waals surface area contributed by atoms with E-state index in [0.717, 1.165) is 5.56 Å². The molecular weight excluding hydrogens is 393 g/mol. The largest absolute Gasteiger partial charge is 0.488 e. The van der Waals surface area contributed by atoms with Crippen LogP contribution in [0.3, 0.4) is 0 Å². The van der Waals surface area contributed by atoms with Crippen LogP contribution >= 0.6 is 11.6 Å².